The van der Waals surface area contributed by atoms with Crippen LogP contribution < -0.4 is 5.32 Å². The Morgan fingerprint density at radius 2 is 1.81 bits per heavy atom. The van der Waals surface area contributed by atoms with E-state index >= 15 is 0 Å². The molecule has 0 unspecified atom stereocenters. The number of piperidine rings is 1. The molecule has 0 aliphatic carbocycles. The largest absolute Gasteiger partial charge is 0.342 e. The zero-order chi connectivity index (χ0) is 11.3. The van der Waals surface area contributed by atoms with Crippen molar-refractivity contribution in [1.29, 1.82) is 0 Å². The topological polar surface area (TPSA) is 32.3 Å². The Morgan fingerprint density at radius 1 is 1.31 bits per heavy atom. The summed E-state index contributed by atoms with van der Waals surface area (Å²) >= 11 is 0. The molecule has 0 radical (unpaired) electrons. The zero-order valence-electron chi connectivity index (χ0n) is 10.7. The molecule has 0 aromatic carbocycles. The molecule has 1 N–H and O–H groups in total. The van der Waals surface area contributed by atoms with Gasteiger partial charge in [0, 0.05) is 19.0 Å². The molecule has 0 aromatic heterocycles. The lowest BCUT2D eigenvalue weighted by Crippen LogP contribution is -2.45. The Kier molecular flexibility index (Phi) is 7.77. The fraction of sp³-hybridized carbons (Fsp3) is 0.917. The standard InChI is InChI=1S/C12H24N2O.ClH/c1-4-10(5-2)12(15)14(3)11-6-8-13-9-7-11;/h10-11,13H,4-9H2,1-3H3;1H. The molecular weight excluding hydrogens is 224 g/mol. The normalized spacial score (nSPS) is 17.0. The number of carbonyl (C=O) groups excluding carboxylic acids is 1. The van der Waals surface area contributed by atoms with Crippen molar-refractivity contribution in [3.05, 3.63) is 0 Å². The molecule has 4 heteroatoms. The summed E-state index contributed by atoms with van der Waals surface area (Å²) in [6.07, 6.45) is 4.13. The summed E-state index contributed by atoms with van der Waals surface area (Å²) < 4.78 is 0. The molecule has 1 rings (SSSR count). The van der Waals surface area contributed by atoms with Gasteiger partial charge in [0.25, 0.3) is 0 Å². The molecule has 96 valence electrons. The third-order valence-electron chi connectivity index (χ3n) is 3.54. The van der Waals surface area contributed by atoms with Gasteiger partial charge in [0.1, 0.15) is 0 Å². The van der Waals surface area contributed by atoms with Gasteiger partial charge in [-0.05, 0) is 38.8 Å². The number of nitrogens with one attached hydrogen (secondary N) is 1. The van der Waals surface area contributed by atoms with Crippen LogP contribution in [-0.2, 0) is 4.79 Å². The minimum absolute atomic E-state index is 0. The van der Waals surface area contributed by atoms with Gasteiger partial charge in [-0.2, -0.15) is 0 Å². The molecule has 1 heterocycles. The van der Waals surface area contributed by atoms with E-state index in [9.17, 15) is 4.79 Å². The van der Waals surface area contributed by atoms with Gasteiger partial charge in [-0.1, -0.05) is 13.8 Å². The van der Waals surface area contributed by atoms with E-state index < -0.39 is 0 Å². The van der Waals surface area contributed by atoms with Crippen LogP contribution >= 0.6 is 12.4 Å². The highest BCUT2D eigenvalue weighted by Crippen LogP contribution is 2.16. The second-order valence-electron chi connectivity index (χ2n) is 4.44. The van der Waals surface area contributed by atoms with Gasteiger partial charge in [-0.15, -0.1) is 12.4 Å². The number of nitrogens with zero attached hydrogens (tertiary/aromatic N) is 1. The first-order valence-electron chi connectivity index (χ1n) is 6.18. The summed E-state index contributed by atoms with van der Waals surface area (Å²) in [7, 11) is 1.97. The molecule has 0 atom stereocenters. The maximum absolute atomic E-state index is 12.1. The predicted octanol–water partition coefficient (Wildman–Crippen LogP) is 2.05. The van der Waals surface area contributed by atoms with Crippen LogP contribution in [0.25, 0.3) is 0 Å². The molecule has 3 nitrogen and oxygen atoms in total. The Hall–Kier alpha value is -0.280. The monoisotopic (exact) mass is 248 g/mol. The molecule has 1 saturated heterocycles. The summed E-state index contributed by atoms with van der Waals surface area (Å²) in [5.74, 6) is 0.566. The van der Waals surface area contributed by atoms with Gasteiger partial charge in [0.2, 0.25) is 5.91 Å². The van der Waals surface area contributed by atoms with Gasteiger partial charge < -0.3 is 10.2 Å². The van der Waals surface area contributed by atoms with Crippen LogP contribution in [-0.4, -0.2) is 37.0 Å². The Bertz CT molecular complexity index is 201. The molecule has 0 spiro atoms. The van der Waals surface area contributed by atoms with Crippen LogP contribution in [0.2, 0.25) is 0 Å². The Morgan fingerprint density at radius 3 is 2.25 bits per heavy atom. The highest BCUT2D eigenvalue weighted by atomic mass is 35.5. The van der Waals surface area contributed by atoms with Gasteiger partial charge in [0.15, 0.2) is 0 Å². The number of carbonyl (C=O) groups is 1. The van der Waals surface area contributed by atoms with Crippen LogP contribution in [0, 0.1) is 5.92 Å². The third kappa shape index (κ3) is 3.95. The smallest absolute Gasteiger partial charge is 0.225 e. The summed E-state index contributed by atoms with van der Waals surface area (Å²) in [6, 6.07) is 0.458. The second-order valence-corrected chi connectivity index (χ2v) is 4.44. The summed E-state index contributed by atoms with van der Waals surface area (Å²) in [5.41, 5.74) is 0. The molecule has 1 fully saturated rings. The molecule has 1 aliphatic rings. The van der Waals surface area contributed by atoms with E-state index in [0.29, 0.717) is 11.9 Å². The SMILES string of the molecule is CCC(CC)C(=O)N(C)C1CCNCC1.Cl. The van der Waals surface area contributed by atoms with Crippen LogP contribution in [0.5, 0.6) is 0 Å². The van der Waals surface area contributed by atoms with Crippen LogP contribution in [0.4, 0.5) is 0 Å². The quantitative estimate of drug-likeness (QED) is 0.826. The maximum Gasteiger partial charge on any atom is 0.225 e. The molecular formula is C12H25ClN2O. The van der Waals surface area contributed by atoms with E-state index in [-0.39, 0.29) is 18.3 Å². The van der Waals surface area contributed by atoms with Gasteiger partial charge in [-0.25, -0.2) is 0 Å². The average Bonchev–Trinajstić information content (AvgIpc) is 2.30. The van der Waals surface area contributed by atoms with Crippen LogP contribution in [0.1, 0.15) is 39.5 Å². The highest BCUT2D eigenvalue weighted by Gasteiger charge is 2.25. The van der Waals surface area contributed by atoms with Crippen molar-refractivity contribution < 1.29 is 4.79 Å². The van der Waals surface area contributed by atoms with E-state index in [0.717, 1.165) is 38.8 Å². The van der Waals surface area contributed by atoms with Gasteiger partial charge >= 0.3 is 0 Å². The summed E-state index contributed by atoms with van der Waals surface area (Å²) in [6.45, 7) is 6.29. The van der Waals surface area contributed by atoms with Crippen molar-refractivity contribution in [2.45, 2.75) is 45.6 Å². The first-order valence-corrected chi connectivity index (χ1v) is 6.18. The van der Waals surface area contributed by atoms with Crippen molar-refractivity contribution in [2.24, 2.45) is 5.92 Å². The van der Waals surface area contributed by atoms with Crippen molar-refractivity contribution in [3.8, 4) is 0 Å². The number of amides is 1. The highest BCUT2D eigenvalue weighted by molar-refractivity contribution is 5.85. The van der Waals surface area contributed by atoms with E-state index in [2.05, 4.69) is 19.2 Å². The van der Waals surface area contributed by atoms with Crippen molar-refractivity contribution >= 4 is 18.3 Å². The summed E-state index contributed by atoms with van der Waals surface area (Å²) in [4.78, 5) is 14.1. The minimum Gasteiger partial charge on any atom is -0.342 e. The average molecular weight is 249 g/mol. The van der Waals surface area contributed by atoms with E-state index in [1.807, 2.05) is 11.9 Å². The second kappa shape index (κ2) is 7.91. The molecule has 1 aliphatic heterocycles. The maximum atomic E-state index is 12.1. The number of halogens is 1. The number of hydrogen-bond donors (Lipinski definition) is 1. The van der Waals surface area contributed by atoms with Gasteiger partial charge in [0.05, 0.1) is 0 Å². The van der Waals surface area contributed by atoms with E-state index in [1.165, 1.54) is 0 Å². The Balaban J connectivity index is 0.00000225. The fourth-order valence-corrected chi connectivity index (χ4v) is 2.30. The molecule has 0 aromatic rings. The lowest BCUT2D eigenvalue weighted by Gasteiger charge is -2.33. The van der Waals surface area contributed by atoms with Crippen LogP contribution in [0.3, 0.4) is 0 Å². The number of rotatable bonds is 4. The van der Waals surface area contributed by atoms with Crippen LogP contribution in [0.15, 0.2) is 0 Å². The molecule has 16 heavy (non-hydrogen) atoms. The lowest BCUT2D eigenvalue weighted by atomic mass is 9.98. The minimum atomic E-state index is 0. The Labute approximate surface area is 105 Å². The number of hydrogen-bond acceptors (Lipinski definition) is 2. The van der Waals surface area contributed by atoms with E-state index in [1.54, 1.807) is 0 Å². The summed E-state index contributed by atoms with van der Waals surface area (Å²) in [5, 5.41) is 3.33. The molecule has 0 saturated carbocycles. The van der Waals surface area contributed by atoms with Gasteiger partial charge in [-0.3, -0.25) is 4.79 Å². The molecule has 1 amide bonds. The molecule has 0 bridgehead atoms. The van der Waals surface area contributed by atoms with Crippen molar-refractivity contribution in [2.75, 3.05) is 20.1 Å². The third-order valence-corrected chi connectivity index (χ3v) is 3.54. The first kappa shape index (κ1) is 15.7. The zero-order valence-corrected chi connectivity index (χ0v) is 11.5. The first-order chi connectivity index (χ1) is 7.20. The van der Waals surface area contributed by atoms with Crippen molar-refractivity contribution in [3.63, 3.8) is 0 Å². The van der Waals surface area contributed by atoms with E-state index in [4.69, 9.17) is 0 Å². The predicted molar refractivity (Wildman–Crippen MR) is 70.0 cm³/mol. The van der Waals surface area contributed by atoms with Crippen molar-refractivity contribution in [1.82, 2.24) is 10.2 Å². The fourth-order valence-electron chi connectivity index (χ4n) is 2.30. The lowest BCUT2D eigenvalue weighted by molar-refractivity contribution is -0.137.